The lowest BCUT2D eigenvalue weighted by Gasteiger charge is -2.33. The summed E-state index contributed by atoms with van der Waals surface area (Å²) in [5.74, 6) is -1.91. The molecule has 0 bridgehead atoms. The van der Waals surface area contributed by atoms with Crippen LogP contribution in [-0.2, 0) is 38.7 Å². The van der Waals surface area contributed by atoms with Crippen molar-refractivity contribution in [3.63, 3.8) is 0 Å². The van der Waals surface area contributed by atoms with Crippen LogP contribution in [0, 0.1) is 0 Å². The molecule has 0 aromatic carbocycles. The van der Waals surface area contributed by atoms with E-state index in [0.717, 1.165) is 116 Å². The maximum absolute atomic E-state index is 13.1. The third kappa shape index (κ3) is 52.2. The molecule has 0 fully saturated rings. The minimum atomic E-state index is -4.34. The Bertz CT molecular complexity index is 1280. The Morgan fingerprint density at radius 1 is 0.380 bits per heavy atom. The molecule has 2 N–H and O–H groups in total. The molecule has 0 saturated carbocycles. The monoisotopic (exact) mass is 1020 g/mol. The van der Waals surface area contributed by atoms with Crippen LogP contribution in [0.15, 0.2) is 36.5 Å². The molecule has 0 aliphatic rings. The first-order valence-electron chi connectivity index (χ1n) is 29.7. The topological polar surface area (TPSA) is 145 Å². The third-order valence-electron chi connectivity index (χ3n) is 13.3. The molecule has 0 unspecified atom stereocenters. The summed E-state index contributed by atoms with van der Waals surface area (Å²) in [4.78, 5) is 39.2. The van der Waals surface area contributed by atoms with Crippen molar-refractivity contribution >= 4 is 28.0 Å². The number of nitrogens with one attached hydrogen (secondary N) is 1. The number of rotatable bonds is 55. The molecule has 0 spiro atoms. The van der Waals surface area contributed by atoms with Gasteiger partial charge >= 0.3 is 17.9 Å². The highest BCUT2D eigenvalue weighted by Crippen LogP contribution is 2.17. The Balaban J connectivity index is 5.09. The molecule has 0 aliphatic heterocycles. The van der Waals surface area contributed by atoms with Crippen molar-refractivity contribution in [2.24, 2.45) is 0 Å². The van der Waals surface area contributed by atoms with Crippen molar-refractivity contribution in [3.05, 3.63) is 36.5 Å². The Morgan fingerprint density at radius 2 is 0.606 bits per heavy atom. The average molecular weight is 1020 g/mol. The second-order valence-corrected chi connectivity index (χ2v) is 22.1. The Labute approximate surface area is 437 Å². The van der Waals surface area contributed by atoms with Crippen LogP contribution in [0.4, 0.5) is 0 Å². The van der Waals surface area contributed by atoms with Gasteiger partial charge in [-0.05, 0) is 96.3 Å². The minimum Gasteiger partial charge on any atom is -0.463 e. The highest BCUT2D eigenvalue weighted by atomic mass is 32.2. The quantitative estimate of drug-likeness (QED) is 0.0199. The van der Waals surface area contributed by atoms with Gasteiger partial charge in [-0.25, -0.2) is 0 Å². The highest BCUT2D eigenvalue weighted by molar-refractivity contribution is 7.85. The van der Waals surface area contributed by atoms with Gasteiger partial charge in [0.25, 0.3) is 10.1 Å². The second kappa shape index (κ2) is 52.4. The van der Waals surface area contributed by atoms with Gasteiger partial charge in [-0.2, -0.15) is 8.42 Å². The number of hydrogen-bond acceptors (Lipinski definition) is 9. The number of carbonyl (C=O) groups excluding carboxylic acids is 3. The first kappa shape index (κ1) is 68.5. The largest absolute Gasteiger partial charge is 0.463 e. The number of allylic oxidation sites excluding steroid dienone is 6. The molecule has 10 nitrogen and oxygen atoms in total. The molecule has 0 heterocycles. The van der Waals surface area contributed by atoms with Crippen LogP contribution in [0.3, 0.4) is 0 Å². The summed E-state index contributed by atoms with van der Waals surface area (Å²) < 4.78 is 50.2. The van der Waals surface area contributed by atoms with Gasteiger partial charge in [0.05, 0.1) is 5.75 Å². The summed E-state index contributed by atoms with van der Waals surface area (Å²) in [5, 5.41) is 3.03. The van der Waals surface area contributed by atoms with Crippen molar-refractivity contribution in [3.8, 4) is 0 Å². The van der Waals surface area contributed by atoms with Gasteiger partial charge in [0.2, 0.25) is 0 Å². The molecule has 0 amide bonds. The maximum Gasteiger partial charge on any atom is 0.305 e. The van der Waals surface area contributed by atoms with E-state index in [1.807, 2.05) is 0 Å². The third-order valence-corrected chi connectivity index (χ3v) is 14.0. The molecule has 0 atom stereocenters. The molecule has 0 rings (SSSR count). The van der Waals surface area contributed by atoms with Crippen LogP contribution in [0.25, 0.3) is 0 Å². The zero-order chi connectivity index (χ0) is 52.0. The van der Waals surface area contributed by atoms with Gasteiger partial charge in [-0.15, -0.1) is 0 Å². The van der Waals surface area contributed by atoms with E-state index in [9.17, 15) is 27.4 Å². The van der Waals surface area contributed by atoms with Crippen LogP contribution in [-0.4, -0.2) is 68.5 Å². The van der Waals surface area contributed by atoms with Crippen molar-refractivity contribution in [2.45, 2.75) is 296 Å². The summed E-state index contributed by atoms with van der Waals surface area (Å²) >= 11 is 0. The lowest BCUT2D eigenvalue weighted by Crippen LogP contribution is -2.58. The van der Waals surface area contributed by atoms with Gasteiger partial charge < -0.3 is 19.5 Å². The van der Waals surface area contributed by atoms with Gasteiger partial charge in [-0.3, -0.25) is 18.9 Å². The van der Waals surface area contributed by atoms with Crippen LogP contribution in [0.2, 0.25) is 0 Å². The molecule has 0 aromatic rings. The van der Waals surface area contributed by atoms with Gasteiger partial charge in [0, 0.05) is 25.8 Å². The Hall–Kier alpha value is -2.50. The fourth-order valence-electron chi connectivity index (χ4n) is 8.62. The standard InChI is InChI=1S/C60H111NO9S/c1-4-7-10-13-16-19-22-25-28-31-34-37-40-43-46-49-57(62)68-54-60(61-52-53-71(65,66)67,55-69-58(63)50-47-44-41-38-35-32-29-26-23-20-17-14-11-8-5-2)56-70-59(64)51-48-45-42-39-36-33-30-27-24-21-18-15-12-9-6-3/h25-30,61H,4-24,31-56H2,1-3H3,(H,65,66,67). The van der Waals surface area contributed by atoms with Crippen LogP contribution < -0.4 is 5.32 Å². The normalized spacial score (nSPS) is 12.9. The van der Waals surface area contributed by atoms with Gasteiger partial charge in [-0.1, -0.05) is 211 Å². The van der Waals surface area contributed by atoms with Crippen molar-refractivity contribution < 1.29 is 41.6 Å². The highest BCUT2D eigenvalue weighted by Gasteiger charge is 2.36. The molecule has 11 heteroatoms. The molecule has 0 aliphatic carbocycles. The predicted octanol–water partition coefficient (Wildman–Crippen LogP) is 16.9. The van der Waals surface area contributed by atoms with E-state index < -0.39 is 39.3 Å². The number of hydrogen-bond donors (Lipinski definition) is 2. The zero-order valence-corrected chi connectivity index (χ0v) is 47.1. The Morgan fingerprint density at radius 3 is 0.845 bits per heavy atom. The number of esters is 3. The zero-order valence-electron chi connectivity index (χ0n) is 46.3. The summed E-state index contributed by atoms with van der Waals surface area (Å²) in [5.41, 5.74) is -1.40. The Kier molecular flexibility index (Phi) is 50.5. The van der Waals surface area contributed by atoms with Gasteiger partial charge in [0.1, 0.15) is 25.4 Å². The second-order valence-electron chi connectivity index (χ2n) is 20.5. The van der Waals surface area contributed by atoms with Crippen LogP contribution in [0.5, 0.6) is 0 Å². The van der Waals surface area contributed by atoms with E-state index in [2.05, 4.69) is 62.5 Å². The minimum absolute atomic E-state index is 0.212. The van der Waals surface area contributed by atoms with E-state index >= 15 is 0 Å². The predicted molar refractivity (Wildman–Crippen MR) is 298 cm³/mol. The lowest BCUT2D eigenvalue weighted by molar-refractivity contribution is -0.157. The SMILES string of the molecule is CCCCCCCCC=CCCCCCCCC(=O)OCC(COC(=O)CCCCCCCC=CCCCCCCCC)(COC(=O)CCCCCCCC=CCCCCCCCC)NCCS(=O)(=O)O. The molecular weight excluding hydrogens is 911 g/mol. The number of unbranched alkanes of at least 4 members (excludes halogenated alkanes) is 33. The van der Waals surface area contributed by atoms with Crippen molar-refractivity contribution in [1.82, 2.24) is 5.32 Å². The van der Waals surface area contributed by atoms with E-state index in [0.29, 0.717) is 19.3 Å². The fourth-order valence-corrected chi connectivity index (χ4v) is 8.98. The molecule has 416 valence electrons. The molecule has 0 saturated heterocycles. The number of carbonyl (C=O) groups is 3. The van der Waals surface area contributed by atoms with Gasteiger partial charge in [0.15, 0.2) is 0 Å². The first-order chi connectivity index (χ1) is 34.6. The summed E-state index contributed by atoms with van der Waals surface area (Å²) in [6.45, 7) is 5.60. The first-order valence-corrected chi connectivity index (χ1v) is 31.3. The van der Waals surface area contributed by atoms with E-state index in [1.54, 1.807) is 0 Å². The summed E-state index contributed by atoms with van der Waals surface area (Å²) in [7, 11) is -4.34. The maximum atomic E-state index is 13.1. The summed E-state index contributed by atoms with van der Waals surface area (Å²) in [6, 6.07) is 0. The fraction of sp³-hybridized carbons (Fsp3) is 0.850. The average Bonchev–Trinajstić information content (AvgIpc) is 3.35. The smallest absolute Gasteiger partial charge is 0.305 e. The van der Waals surface area contributed by atoms with E-state index in [-0.39, 0.29) is 45.6 Å². The molecule has 0 aromatic heterocycles. The van der Waals surface area contributed by atoms with Crippen molar-refractivity contribution in [2.75, 3.05) is 32.1 Å². The summed E-state index contributed by atoms with van der Waals surface area (Å²) in [6.07, 6.45) is 59.3. The molecule has 71 heavy (non-hydrogen) atoms. The van der Waals surface area contributed by atoms with Crippen LogP contribution >= 0.6 is 0 Å². The lowest BCUT2D eigenvalue weighted by atomic mass is 10.0. The van der Waals surface area contributed by atoms with Crippen molar-refractivity contribution in [1.29, 1.82) is 0 Å². The van der Waals surface area contributed by atoms with E-state index in [4.69, 9.17) is 14.2 Å². The van der Waals surface area contributed by atoms with E-state index in [1.165, 1.54) is 116 Å². The molecule has 0 radical (unpaired) electrons. The number of ether oxygens (including phenoxy) is 3. The molecular formula is C60H111NO9S. The van der Waals surface area contributed by atoms with Crippen LogP contribution in [0.1, 0.15) is 290 Å².